The monoisotopic (exact) mass is 322 g/mol. The lowest BCUT2D eigenvalue weighted by molar-refractivity contribution is 0.156. The van der Waals surface area contributed by atoms with Crippen molar-refractivity contribution in [1.82, 2.24) is 0 Å². The van der Waals surface area contributed by atoms with E-state index in [1.807, 2.05) is 24.3 Å². The molecule has 110 valence electrons. The summed E-state index contributed by atoms with van der Waals surface area (Å²) in [6, 6.07) is 11.3. The molecule has 0 saturated carbocycles. The van der Waals surface area contributed by atoms with E-state index in [1.54, 1.807) is 12.1 Å². The number of halogens is 2. The van der Waals surface area contributed by atoms with Crippen LogP contribution in [0.2, 0.25) is 10.0 Å². The number of aliphatic hydroxyl groups is 1. The SMILES string of the molecule is OC1CCCc2cc(OCc3ccc(Cl)cc3Cl)ccc21. The lowest BCUT2D eigenvalue weighted by Crippen LogP contribution is -2.09. The smallest absolute Gasteiger partial charge is 0.120 e. The molecule has 1 unspecified atom stereocenters. The first-order valence-electron chi connectivity index (χ1n) is 7.01. The zero-order valence-corrected chi connectivity index (χ0v) is 13.0. The van der Waals surface area contributed by atoms with E-state index < -0.39 is 0 Å². The maximum atomic E-state index is 9.95. The average Bonchev–Trinajstić information content (AvgIpc) is 2.46. The van der Waals surface area contributed by atoms with Crippen LogP contribution in [0, 0.1) is 0 Å². The first-order valence-corrected chi connectivity index (χ1v) is 7.76. The van der Waals surface area contributed by atoms with Gasteiger partial charge >= 0.3 is 0 Å². The minimum absolute atomic E-state index is 0.339. The Morgan fingerprint density at radius 1 is 1.14 bits per heavy atom. The highest BCUT2D eigenvalue weighted by Gasteiger charge is 2.18. The Hall–Kier alpha value is -1.22. The molecule has 2 aromatic carbocycles. The number of aliphatic hydroxyl groups excluding tert-OH is 1. The molecule has 0 aliphatic heterocycles. The molecule has 0 aromatic heterocycles. The molecule has 0 amide bonds. The van der Waals surface area contributed by atoms with E-state index in [0.717, 1.165) is 36.1 Å². The fourth-order valence-corrected chi connectivity index (χ4v) is 3.12. The molecular weight excluding hydrogens is 307 g/mol. The zero-order valence-electron chi connectivity index (χ0n) is 11.5. The minimum Gasteiger partial charge on any atom is -0.489 e. The summed E-state index contributed by atoms with van der Waals surface area (Å²) < 4.78 is 5.80. The third-order valence-corrected chi connectivity index (χ3v) is 4.39. The molecule has 1 N–H and O–H groups in total. The van der Waals surface area contributed by atoms with Gasteiger partial charge in [0.25, 0.3) is 0 Å². The van der Waals surface area contributed by atoms with Crippen molar-refractivity contribution >= 4 is 23.2 Å². The highest BCUT2D eigenvalue weighted by molar-refractivity contribution is 6.35. The summed E-state index contributed by atoms with van der Waals surface area (Å²) in [7, 11) is 0. The lowest BCUT2D eigenvalue weighted by atomic mass is 9.89. The van der Waals surface area contributed by atoms with Crippen molar-refractivity contribution in [2.24, 2.45) is 0 Å². The van der Waals surface area contributed by atoms with E-state index in [2.05, 4.69) is 0 Å². The molecular formula is C17H16Cl2O2. The number of rotatable bonds is 3. The maximum absolute atomic E-state index is 9.95. The van der Waals surface area contributed by atoms with Crippen molar-refractivity contribution < 1.29 is 9.84 Å². The number of aryl methyl sites for hydroxylation is 1. The van der Waals surface area contributed by atoms with E-state index in [0.29, 0.717) is 16.7 Å². The van der Waals surface area contributed by atoms with Crippen LogP contribution in [0.5, 0.6) is 5.75 Å². The maximum Gasteiger partial charge on any atom is 0.120 e. The van der Waals surface area contributed by atoms with Crippen molar-refractivity contribution in [3.8, 4) is 5.75 Å². The molecule has 0 radical (unpaired) electrons. The summed E-state index contributed by atoms with van der Waals surface area (Å²) >= 11 is 12.0. The van der Waals surface area contributed by atoms with Crippen LogP contribution >= 0.6 is 23.2 Å². The molecule has 4 heteroatoms. The van der Waals surface area contributed by atoms with Gasteiger partial charge in [0.05, 0.1) is 6.10 Å². The van der Waals surface area contributed by atoms with Crippen LogP contribution in [0.15, 0.2) is 36.4 Å². The highest BCUT2D eigenvalue weighted by Crippen LogP contribution is 2.32. The fraction of sp³-hybridized carbons (Fsp3) is 0.294. The molecule has 3 rings (SSSR count). The summed E-state index contributed by atoms with van der Waals surface area (Å²) in [6.07, 6.45) is 2.51. The summed E-state index contributed by atoms with van der Waals surface area (Å²) in [5.74, 6) is 0.800. The first-order chi connectivity index (χ1) is 10.1. The largest absolute Gasteiger partial charge is 0.489 e. The Kier molecular flexibility index (Phi) is 4.39. The van der Waals surface area contributed by atoms with Gasteiger partial charge in [0.1, 0.15) is 12.4 Å². The minimum atomic E-state index is -0.339. The van der Waals surface area contributed by atoms with Crippen LogP contribution in [-0.2, 0) is 13.0 Å². The molecule has 0 fully saturated rings. The zero-order chi connectivity index (χ0) is 14.8. The molecule has 2 aromatic rings. The number of hydrogen-bond donors (Lipinski definition) is 1. The Bertz CT molecular complexity index is 655. The van der Waals surface area contributed by atoms with Gasteiger partial charge in [-0.05, 0) is 54.7 Å². The van der Waals surface area contributed by atoms with Crippen molar-refractivity contribution in [1.29, 1.82) is 0 Å². The lowest BCUT2D eigenvalue weighted by Gasteiger charge is -2.21. The van der Waals surface area contributed by atoms with Gasteiger partial charge < -0.3 is 9.84 Å². The number of hydrogen-bond acceptors (Lipinski definition) is 2. The van der Waals surface area contributed by atoms with Gasteiger partial charge in [-0.25, -0.2) is 0 Å². The Balaban J connectivity index is 1.73. The van der Waals surface area contributed by atoms with Gasteiger partial charge in [-0.1, -0.05) is 35.3 Å². The van der Waals surface area contributed by atoms with Gasteiger partial charge in [-0.2, -0.15) is 0 Å². The van der Waals surface area contributed by atoms with Crippen molar-refractivity contribution in [2.45, 2.75) is 32.0 Å². The number of fused-ring (bicyclic) bond motifs is 1. The van der Waals surface area contributed by atoms with Crippen LogP contribution in [0.3, 0.4) is 0 Å². The van der Waals surface area contributed by atoms with Gasteiger partial charge in [0.15, 0.2) is 0 Å². The van der Waals surface area contributed by atoms with Crippen molar-refractivity contribution in [3.05, 3.63) is 63.1 Å². The normalized spacial score (nSPS) is 17.4. The molecule has 21 heavy (non-hydrogen) atoms. The summed E-state index contributed by atoms with van der Waals surface area (Å²) in [4.78, 5) is 0. The Labute approximate surface area is 134 Å². The van der Waals surface area contributed by atoms with Gasteiger partial charge in [0, 0.05) is 15.6 Å². The van der Waals surface area contributed by atoms with E-state index in [4.69, 9.17) is 27.9 Å². The molecule has 1 atom stereocenters. The van der Waals surface area contributed by atoms with Crippen molar-refractivity contribution in [2.75, 3.05) is 0 Å². The third kappa shape index (κ3) is 3.34. The van der Waals surface area contributed by atoms with Crippen LogP contribution in [0.4, 0.5) is 0 Å². The Morgan fingerprint density at radius 2 is 2.00 bits per heavy atom. The van der Waals surface area contributed by atoms with Gasteiger partial charge in [-0.3, -0.25) is 0 Å². The molecule has 0 heterocycles. The fourth-order valence-electron chi connectivity index (χ4n) is 2.65. The second kappa shape index (κ2) is 6.27. The summed E-state index contributed by atoms with van der Waals surface area (Å²) in [5.41, 5.74) is 3.10. The standard InChI is InChI=1S/C17H16Cl2O2/c18-13-5-4-12(16(19)9-13)10-21-14-6-7-15-11(8-14)2-1-3-17(15)20/h4-9,17,20H,1-3,10H2. The van der Waals surface area contributed by atoms with Crippen molar-refractivity contribution in [3.63, 3.8) is 0 Å². The number of ether oxygens (including phenoxy) is 1. The molecule has 0 spiro atoms. The second-order valence-corrected chi connectivity index (χ2v) is 6.14. The molecule has 2 nitrogen and oxygen atoms in total. The predicted octanol–water partition coefficient (Wildman–Crippen LogP) is 4.94. The Morgan fingerprint density at radius 3 is 2.81 bits per heavy atom. The van der Waals surface area contributed by atoms with E-state index >= 15 is 0 Å². The van der Waals surface area contributed by atoms with Gasteiger partial charge in [-0.15, -0.1) is 0 Å². The predicted molar refractivity (Wildman–Crippen MR) is 85.1 cm³/mol. The molecule has 0 bridgehead atoms. The van der Waals surface area contributed by atoms with Gasteiger partial charge in [0.2, 0.25) is 0 Å². The summed E-state index contributed by atoms with van der Waals surface area (Å²) in [5, 5.41) is 11.2. The second-order valence-electron chi connectivity index (χ2n) is 5.29. The van der Waals surface area contributed by atoms with E-state index in [1.165, 1.54) is 5.56 Å². The van der Waals surface area contributed by atoms with E-state index in [9.17, 15) is 5.11 Å². The van der Waals surface area contributed by atoms with E-state index in [-0.39, 0.29) is 6.10 Å². The first kappa shape index (κ1) is 14.7. The average molecular weight is 323 g/mol. The topological polar surface area (TPSA) is 29.5 Å². The highest BCUT2D eigenvalue weighted by atomic mass is 35.5. The third-order valence-electron chi connectivity index (χ3n) is 3.81. The molecule has 1 aliphatic rings. The van der Waals surface area contributed by atoms with Crippen LogP contribution < -0.4 is 4.74 Å². The number of benzene rings is 2. The van der Waals surface area contributed by atoms with Crippen LogP contribution in [0.25, 0.3) is 0 Å². The summed E-state index contributed by atoms with van der Waals surface area (Å²) in [6.45, 7) is 0.400. The molecule has 1 aliphatic carbocycles. The quantitative estimate of drug-likeness (QED) is 0.867. The molecule has 0 saturated heterocycles. The van der Waals surface area contributed by atoms with Crippen LogP contribution in [0.1, 0.15) is 35.6 Å². The van der Waals surface area contributed by atoms with Crippen LogP contribution in [-0.4, -0.2) is 5.11 Å².